The summed E-state index contributed by atoms with van der Waals surface area (Å²) in [4.78, 5) is 10.6. The highest BCUT2D eigenvalue weighted by atomic mass is 79.9. The van der Waals surface area contributed by atoms with Gasteiger partial charge in [0, 0.05) is 0 Å². The fourth-order valence-electron chi connectivity index (χ4n) is 1.17. The Kier molecular flexibility index (Phi) is 2.45. The lowest BCUT2D eigenvalue weighted by Crippen LogP contribution is -1.95. The molecule has 0 aliphatic rings. The molecule has 0 radical (unpaired) electrons. The van der Waals surface area contributed by atoms with Gasteiger partial charge >= 0.3 is 0 Å². The predicted molar refractivity (Wildman–Crippen MR) is 56.7 cm³/mol. The van der Waals surface area contributed by atoms with Crippen LogP contribution in [0.5, 0.6) is 0 Å². The van der Waals surface area contributed by atoms with Crippen molar-refractivity contribution in [2.45, 2.75) is 0 Å². The average molecular weight is 251 g/mol. The maximum absolute atomic E-state index is 10.6. The minimum atomic E-state index is 0.550. The van der Waals surface area contributed by atoms with E-state index in [-0.39, 0.29) is 0 Å². The molecule has 1 heterocycles. The van der Waals surface area contributed by atoms with Gasteiger partial charge in [-0.15, -0.1) is 0 Å². The molecule has 0 spiro atoms. The summed E-state index contributed by atoms with van der Waals surface area (Å²) in [6, 6.07) is 9.62. The molecule has 0 saturated carbocycles. The van der Waals surface area contributed by atoms with Crippen molar-refractivity contribution in [1.82, 2.24) is 9.78 Å². The van der Waals surface area contributed by atoms with E-state index in [2.05, 4.69) is 21.0 Å². The minimum absolute atomic E-state index is 0.550. The van der Waals surface area contributed by atoms with E-state index in [1.807, 2.05) is 30.3 Å². The molecule has 2 rings (SSSR count). The summed E-state index contributed by atoms with van der Waals surface area (Å²) in [5.41, 5.74) is 1.47. The molecule has 0 atom stereocenters. The fourth-order valence-corrected chi connectivity index (χ4v) is 1.67. The number of benzene rings is 1. The minimum Gasteiger partial charge on any atom is -0.298 e. The molecule has 0 unspecified atom stereocenters. The van der Waals surface area contributed by atoms with Crippen molar-refractivity contribution in [3.63, 3.8) is 0 Å². The molecule has 14 heavy (non-hydrogen) atoms. The third-order valence-corrected chi connectivity index (χ3v) is 2.66. The van der Waals surface area contributed by atoms with E-state index in [1.165, 1.54) is 6.20 Å². The van der Waals surface area contributed by atoms with Crippen LogP contribution in [-0.2, 0) is 0 Å². The number of aromatic nitrogens is 2. The Morgan fingerprint density at radius 2 is 2.00 bits per heavy atom. The van der Waals surface area contributed by atoms with Crippen LogP contribution in [0.3, 0.4) is 0 Å². The predicted octanol–water partition coefficient (Wildman–Crippen LogP) is 2.45. The maximum Gasteiger partial charge on any atom is 0.154 e. The van der Waals surface area contributed by atoms with Gasteiger partial charge in [-0.05, 0) is 28.1 Å². The Bertz CT molecular complexity index is 450. The first-order chi connectivity index (χ1) is 6.83. The topological polar surface area (TPSA) is 34.9 Å². The van der Waals surface area contributed by atoms with E-state index < -0.39 is 0 Å². The largest absolute Gasteiger partial charge is 0.298 e. The highest BCUT2D eigenvalue weighted by Crippen LogP contribution is 2.18. The van der Waals surface area contributed by atoms with Crippen molar-refractivity contribution in [3.8, 4) is 5.69 Å². The van der Waals surface area contributed by atoms with Gasteiger partial charge in [-0.2, -0.15) is 5.10 Å². The standard InChI is InChI=1S/C10H7BrN2O/c11-10-8(7-14)6-12-13(10)9-4-2-1-3-5-9/h1-7H. The summed E-state index contributed by atoms with van der Waals surface area (Å²) in [5, 5.41) is 4.10. The van der Waals surface area contributed by atoms with Crippen LogP contribution in [0.2, 0.25) is 0 Å². The Morgan fingerprint density at radius 1 is 1.29 bits per heavy atom. The number of rotatable bonds is 2. The van der Waals surface area contributed by atoms with E-state index in [4.69, 9.17) is 0 Å². The smallest absolute Gasteiger partial charge is 0.154 e. The highest BCUT2D eigenvalue weighted by molar-refractivity contribution is 9.10. The van der Waals surface area contributed by atoms with E-state index >= 15 is 0 Å². The van der Waals surface area contributed by atoms with Gasteiger partial charge < -0.3 is 0 Å². The van der Waals surface area contributed by atoms with E-state index in [0.717, 1.165) is 12.0 Å². The average Bonchev–Trinajstić information content (AvgIpc) is 2.61. The molecule has 1 aromatic carbocycles. The Morgan fingerprint density at radius 3 is 2.57 bits per heavy atom. The van der Waals surface area contributed by atoms with Crippen LogP contribution in [0.15, 0.2) is 41.1 Å². The van der Waals surface area contributed by atoms with Crippen molar-refractivity contribution in [3.05, 3.63) is 46.7 Å². The zero-order valence-corrected chi connectivity index (χ0v) is 8.81. The second-order valence-corrected chi connectivity index (χ2v) is 3.51. The summed E-state index contributed by atoms with van der Waals surface area (Å²) >= 11 is 3.32. The molecule has 0 N–H and O–H groups in total. The van der Waals surface area contributed by atoms with Gasteiger partial charge in [0.25, 0.3) is 0 Å². The number of hydrogen-bond acceptors (Lipinski definition) is 2. The van der Waals surface area contributed by atoms with Crippen LogP contribution in [0.1, 0.15) is 10.4 Å². The first-order valence-electron chi connectivity index (χ1n) is 4.07. The van der Waals surface area contributed by atoms with Crippen molar-refractivity contribution in [2.75, 3.05) is 0 Å². The number of halogens is 1. The normalized spacial score (nSPS) is 10.1. The summed E-state index contributed by atoms with van der Waals surface area (Å²) in [6.45, 7) is 0. The van der Waals surface area contributed by atoms with E-state index in [0.29, 0.717) is 10.2 Å². The first kappa shape index (κ1) is 9.15. The van der Waals surface area contributed by atoms with E-state index in [9.17, 15) is 4.79 Å². The van der Waals surface area contributed by atoms with Gasteiger partial charge in [0.1, 0.15) is 4.60 Å². The number of aldehydes is 1. The lowest BCUT2D eigenvalue weighted by atomic mass is 10.3. The van der Waals surface area contributed by atoms with Crippen LogP contribution >= 0.6 is 15.9 Å². The van der Waals surface area contributed by atoms with Gasteiger partial charge in [-0.25, -0.2) is 4.68 Å². The summed E-state index contributed by atoms with van der Waals surface area (Å²) < 4.78 is 2.35. The van der Waals surface area contributed by atoms with Crippen LogP contribution in [0.4, 0.5) is 0 Å². The highest BCUT2D eigenvalue weighted by Gasteiger charge is 2.07. The van der Waals surface area contributed by atoms with Crippen molar-refractivity contribution >= 4 is 22.2 Å². The van der Waals surface area contributed by atoms with Crippen molar-refractivity contribution in [1.29, 1.82) is 0 Å². The zero-order chi connectivity index (χ0) is 9.97. The lowest BCUT2D eigenvalue weighted by molar-refractivity contribution is 0.112. The molecular weight excluding hydrogens is 244 g/mol. The Labute approximate surface area is 89.5 Å². The van der Waals surface area contributed by atoms with Gasteiger partial charge in [0.2, 0.25) is 0 Å². The van der Waals surface area contributed by atoms with Crippen LogP contribution in [0, 0.1) is 0 Å². The molecule has 0 aliphatic carbocycles. The molecule has 0 fully saturated rings. The molecule has 3 nitrogen and oxygen atoms in total. The molecule has 4 heteroatoms. The number of carbonyl (C=O) groups is 1. The van der Waals surface area contributed by atoms with Crippen molar-refractivity contribution in [2.24, 2.45) is 0 Å². The number of nitrogens with zero attached hydrogens (tertiary/aromatic N) is 2. The fraction of sp³-hybridized carbons (Fsp3) is 0. The third-order valence-electron chi connectivity index (χ3n) is 1.86. The summed E-state index contributed by atoms with van der Waals surface area (Å²) in [5.74, 6) is 0. The monoisotopic (exact) mass is 250 g/mol. The van der Waals surface area contributed by atoms with Crippen LogP contribution in [0.25, 0.3) is 5.69 Å². The van der Waals surface area contributed by atoms with Crippen LogP contribution in [-0.4, -0.2) is 16.1 Å². The van der Waals surface area contributed by atoms with Gasteiger partial charge in [0.05, 0.1) is 17.4 Å². The number of para-hydroxylation sites is 1. The lowest BCUT2D eigenvalue weighted by Gasteiger charge is -2.01. The quantitative estimate of drug-likeness (QED) is 0.768. The second kappa shape index (κ2) is 3.75. The molecule has 1 aromatic heterocycles. The van der Waals surface area contributed by atoms with Crippen LogP contribution < -0.4 is 0 Å². The van der Waals surface area contributed by atoms with E-state index in [1.54, 1.807) is 4.68 Å². The SMILES string of the molecule is O=Cc1cnn(-c2ccccc2)c1Br. The summed E-state index contributed by atoms with van der Waals surface area (Å²) in [7, 11) is 0. The Balaban J connectivity index is 2.53. The van der Waals surface area contributed by atoms with Gasteiger partial charge in [-0.1, -0.05) is 18.2 Å². The Hall–Kier alpha value is -1.42. The zero-order valence-electron chi connectivity index (χ0n) is 7.22. The molecule has 0 bridgehead atoms. The molecule has 0 amide bonds. The van der Waals surface area contributed by atoms with Gasteiger partial charge in [0.15, 0.2) is 6.29 Å². The van der Waals surface area contributed by atoms with Crippen molar-refractivity contribution < 1.29 is 4.79 Å². The molecule has 0 saturated heterocycles. The summed E-state index contributed by atoms with van der Waals surface area (Å²) in [6.07, 6.45) is 2.31. The van der Waals surface area contributed by atoms with Gasteiger partial charge in [-0.3, -0.25) is 4.79 Å². The molecule has 70 valence electrons. The third kappa shape index (κ3) is 1.48. The molecular formula is C10H7BrN2O. The first-order valence-corrected chi connectivity index (χ1v) is 4.86. The number of carbonyl (C=O) groups excluding carboxylic acids is 1. The second-order valence-electron chi connectivity index (χ2n) is 2.76. The maximum atomic E-state index is 10.6. The molecule has 2 aromatic rings. The molecule has 0 aliphatic heterocycles. The number of hydrogen-bond donors (Lipinski definition) is 0.